The Labute approximate surface area is 147 Å². The molecule has 2 aromatic heterocycles. The molecule has 0 radical (unpaired) electrons. The minimum absolute atomic E-state index is 0.0975. The smallest absolute Gasteiger partial charge is 0.384 e. The maximum atomic E-state index is 14.0. The number of hydrogen-bond acceptors (Lipinski definition) is 5. The molecule has 7 heteroatoms. The highest BCUT2D eigenvalue weighted by Crippen LogP contribution is 2.27. The summed E-state index contributed by atoms with van der Waals surface area (Å²) in [6.07, 6.45) is 1.47. The Morgan fingerprint density at radius 2 is 1.88 bits per heavy atom. The van der Waals surface area contributed by atoms with Crippen molar-refractivity contribution in [2.24, 2.45) is 0 Å². The predicted molar refractivity (Wildman–Crippen MR) is 96.1 cm³/mol. The van der Waals surface area contributed by atoms with Crippen molar-refractivity contribution in [2.75, 3.05) is 5.32 Å². The van der Waals surface area contributed by atoms with Crippen molar-refractivity contribution in [3.8, 4) is 11.1 Å². The van der Waals surface area contributed by atoms with Crippen LogP contribution in [-0.2, 0) is 0 Å². The molecule has 4 rings (SSSR count). The number of rotatable bonds is 3. The number of nitrogens with one attached hydrogen (secondary N) is 1. The second kappa shape index (κ2) is 6.29. The van der Waals surface area contributed by atoms with Gasteiger partial charge in [0.05, 0.1) is 5.39 Å². The molecule has 0 spiro atoms. The molecule has 0 aliphatic heterocycles. The van der Waals surface area contributed by atoms with E-state index in [0.29, 0.717) is 26.9 Å². The molecule has 0 amide bonds. The molecule has 2 aromatic carbocycles. The van der Waals surface area contributed by atoms with Crippen molar-refractivity contribution in [3.05, 3.63) is 83.2 Å². The highest BCUT2D eigenvalue weighted by molar-refractivity contribution is 5.88. The molecule has 0 fully saturated rings. The third-order valence-electron chi connectivity index (χ3n) is 3.94. The number of halogens is 1. The number of fused-ring (bicyclic) bond motifs is 1. The van der Waals surface area contributed by atoms with E-state index >= 15 is 0 Å². The molecule has 0 unspecified atom stereocenters. The first kappa shape index (κ1) is 15.8. The van der Waals surface area contributed by atoms with Crippen molar-refractivity contribution in [1.29, 1.82) is 0 Å². The van der Waals surface area contributed by atoms with Gasteiger partial charge in [-0.15, -0.1) is 4.73 Å². The Hall–Kier alpha value is -3.74. The molecular weight excluding hydrogens is 335 g/mol. The first-order valence-electron chi connectivity index (χ1n) is 7.82. The molecule has 0 saturated heterocycles. The van der Waals surface area contributed by atoms with E-state index < -0.39 is 5.69 Å². The Morgan fingerprint density at radius 1 is 1.04 bits per heavy atom. The zero-order valence-electron chi connectivity index (χ0n) is 13.4. The summed E-state index contributed by atoms with van der Waals surface area (Å²) in [4.78, 5) is 19.7. The number of aromatic nitrogens is 3. The molecule has 0 atom stereocenters. The second-order valence-electron chi connectivity index (χ2n) is 5.62. The van der Waals surface area contributed by atoms with E-state index in [0.717, 1.165) is 0 Å². The largest absolute Gasteiger partial charge is 0.422 e. The second-order valence-corrected chi connectivity index (χ2v) is 5.62. The minimum atomic E-state index is -0.844. The Bertz CT molecular complexity index is 1170. The van der Waals surface area contributed by atoms with Gasteiger partial charge >= 0.3 is 5.69 Å². The van der Waals surface area contributed by atoms with Crippen LogP contribution in [-0.4, -0.2) is 19.9 Å². The van der Waals surface area contributed by atoms with E-state index in [1.165, 1.54) is 12.3 Å². The molecule has 4 aromatic rings. The highest BCUT2D eigenvalue weighted by atomic mass is 19.1. The normalized spacial score (nSPS) is 10.8. The monoisotopic (exact) mass is 348 g/mol. The summed E-state index contributed by atoms with van der Waals surface area (Å²) < 4.78 is 14.4. The summed E-state index contributed by atoms with van der Waals surface area (Å²) in [6, 6.07) is 17.0. The number of nitrogens with zero attached hydrogens (tertiary/aromatic N) is 3. The number of benzene rings is 2. The van der Waals surface area contributed by atoms with E-state index in [-0.39, 0.29) is 17.3 Å². The van der Waals surface area contributed by atoms with Gasteiger partial charge in [-0.2, -0.15) is 4.98 Å². The molecule has 2 heterocycles. The Morgan fingerprint density at radius 3 is 2.73 bits per heavy atom. The zero-order chi connectivity index (χ0) is 18.1. The van der Waals surface area contributed by atoms with Crippen LogP contribution in [0.15, 0.2) is 71.7 Å². The number of anilines is 2. The van der Waals surface area contributed by atoms with Crippen LogP contribution in [0.25, 0.3) is 22.2 Å². The Kier molecular flexibility index (Phi) is 3.81. The van der Waals surface area contributed by atoms with Crippen molar-refractivity contribution in [3.63, 3.8) is 0 Å². The van der Waals surface area contributed by atoms with E-state index in [1.54, 1.807) is 54.6 Å². The Balaban J connectivity index is 1.79. The van der Waals surface area contributed by atoms with Gasteiger partial charge in [0.15, 0.2) is 5.65 Å². The van der Waals surface area contributed by atoms with Crippen LogP contribution in [0, 0.1) is 5.82 Å². The van der Waals surface area contributed by atoms with E-state index in [1.807, 2.05) is 0 Å². The van der Waals surface area contributed by atoms with Crippen LogP contribution >= 0.6 is 0 Å². The fourth-order valence-corrected chi connectivity index (χ4v) is 2.74. The summed E-state index contributed by atoms with van der Waals surface area (Å²) >= 11 is 0. The van der Waals surface area contributed by atoms with Crippen LogP contribution in [0.1, 0.15) is 0 Å². The molecule has 0 saturated carbocycles. The fraction of sp³-hybridized carbons (Fsp3) is 0. The highest BCUT2D eigenvalue weighted by Gasteiger charge is 2.11. The van der Waals surface area contributed by atoms with Crippen molar-refractivity contribution in [1.82, 2.24) is 14.7 Å². The molecule has 6 nitrogen and oxygen atoms in total. The average Bonchev–Trinajstić information content (AvgIpc) is 2.66. The number of hydrogen-bond donors (Lipinski definition) is 2. The minimum Gasteiger partial charge on any atom is -0.422 e. The molecule has 26 heavy (non-hydrogen) atoms. The van der Waals surface area contributed by atoms with Gasteiger partial charge in [0.1, 0.15) is 11.6 Å². The average molecular weight is 348 g/mol. The maximum Gasteiger partial charge on any atom is 0.384 e. The summed E-state index contributed by atoms with van der Waals surface area (Å²) in [5.74, 6) is -0.0608. The van der Waals surface area contributed by atoms with Crippen LogP contribution in [0.2, 0.25) is 0 Å². The zero-order valence-corrected chi connectivity index (χ0v) is 13.4. The van der Waals surface area contributed by atoms with Crippen molar-refractivity contribution < 1.29 is 9.60 Å². The van der Waals surface area contributed by atoms with E-state index in [9.17, 15) is 14.4 Å². The standard InChI is InChI=1S/C19H13FN4O2/c20-16-9-2-1-7-14(16)12-5-3-6-13(11-12)22-17-15-8-4-10-21-18(15)24(26)19(25)23-17/h1-11,26H,(H,22,23,25). The SMILES string of the molecule is O=c1nc(Nc2cccc(-c3ccccc3F)c2)c2cccnc2n1O. The molecule has 0 aliphatic carbocycles. The van der Waals surface area contributed by atoms with Gasteiger partial charge in [0.2, 0.25) is 0 Å². The first-order valence-corrected chi connectivity index (χ1v) is 7.82. The van der Waals surface area contributed by atoms with Crippen LogP contribution < -0.4 is 11.0 Å². The maximum absolute atomic E-state index is 14.0. The first-order chi connectivity index (χ1) is 12.6. The topological polar surface area (TPSA) is 80.0 Å². The molecular formula is C19H13FN4O2. The molecule has 0 aliphatic rings. The van der Waals surface area contributed by atoms with Crippen molar-refractivity contribution >= 4 is 22.5 Å². The lowest BCUT2D eigenvalue weighted by atomic mass is 10.0. The third-order valence-corrected chi connectivity index (χ3v) is 3.94. The molecule has 0 bridgehead atoms. The summed E-state index contributed by atoms with van der Waals surface area (Å²) in [7, 11) is 0. The lowest BCUT2D eigenvalue weighted by Gasteiger charge is -2.11. The number of pyridine rings is 1. The summed E-state index contributed by atoms with van der Waals surface area (Å²) in [5.41, 5.74) is 1.04. The lowest BCUT2D eigenvalue weighted by Crippen LogP contribution is -2.23. The van der Waals surface area contributed by atoms with Gasteiger partial charge in [-0.1, -0.05) is 30.3 Å². The summed E-state index contributed by atoms with van der Waals surface area (Å²) in [5, 5.41) is 13.3. The van der Waals surface area contributed by atoms with Gasteiger partial charge in [-0.25, -0.2) is 14.2 Å². The van der Waals surface area contributed by atoms with Gasteiger partial charge in [-0.3, -0.25) is 0 Å². The van der Waals surface area contributed by atoms with E-state index in [4.69, 9.17) is 0 Å². The van der Waals surface area contributed by atoms with Gasteiger partial charge in [-0.05, 0) is 35.9 Å². The predicted octanol–water partition coefficient (Wildman–Crippen LogP) is 3.58. The molecule has 128 valence electrons. The van der Waals surface area contributed by atoms with Crippen LogP contribution in [0.4, 0.5) is 15.9 Å². The summed E-state index contributed by atoms with van der Waals surface area (Å²) in [6.45, 7) is 0. The van der Waals surface area contributed by atoms with Gasteiger partial charge in [0, 0.05) is 17.4 Å². The van der Waals surface area contributed by atoms with Gasteiger partial charge in [0.25, 0.3) is 0 Å². The fourth-order valence-electron chi connectivity index (χ4n) is 2.74. The van der Waals surface area contributed by atoms with Crippen LogP contribution in [0.3, 0.4) is 0 Å². The lowest BCUT2D eigenvalue weighted by molar-refractivity contribution is 0.182. The van der Waals surface area contributed by atoms with Crippen molar-refractivity contribution in [2.45, 2.75) is 0 Å². The quantitative estimate of drug-likeness (QED) is 0.553. The third kappa shape index (κ3) is 2.75. The molecule has 2 N–H and O–H groups in total. The van der Waals surface area contributed by atoms with Crippen LogP contribution in [0.5, 0.6) is 0 Å². The van der Waals surface area contributed by atoms with E-state index in [2.05, 4.69) is 15.3 Å². The van der Waals surface area contributed by atoms with Gasteiger partial charge < -0.3 is 10.5 Å².